The average molecular weight is 267 g/mol. The van der Waals surface area contributed by atoms with Crippen molar-refractivity contribution in [2.75, 3.05) is 6.54 Å². The van der Waals surface area contributed by atoms with E-state index in [1.54, 1.807) is 0 Å². The molecule has 1 fully saturated rings. The fourth-order valence-corrected chi connectivity index (χ4v) is 3.05. The molecule has 1 N–H and O–H groups in total. The van der Waals surface area contributed by atoms with Crippen LogP contribution in [-0.4, -0.2) is 12.1 Å². The molecule has 0 spiro atoms. The second-order valence-electron chi connectivity index (χ2n) is 7.06. The number of nitrogens with one attached hydrogen (secondary N) is 1. The maximum absolute atomic E-state index is 13.4. The van der Waals surface area contributed by atoms with E-state index >= 15 is 0 Å². The van der Waals surface area contributed by atoms with Gasteiger partial charge in [0.15, 0.2) is 0 Å². The van der Waals surface area contributed by atoms with Gasteiger partial charge in [-0.1, -0.05) is 6.92 Å². The van der Waals surface area contributed by atoms with Crippen LogP contribution in [-0.2, 0) is 5.41 Å². The summed E-state index contributed by atoms with van der Waals surface area (Å²) in [5.74, 6) is -0.345. The van der Waals surface area contributed by atoms with E-state index in [2.05, 4.69) is 33.0 Å². The average Bonchev–Trinajstić information content (AvgIpc) is 2.19. The number of benzene rings is 1. The van der Waals surface area contributed by atoms with Crippen molar-refractivity contribution in [2.45, 2.75) is 51.5 Å². The Bertz CT molecular complexity index is 436. The van der Waals surface area contributed by atoms with E-state index in [9.17, 15) is 8.78 Å². The molecule has 1 nitrogen and oxygen atoms in total. The monoisotopic (exact) mass is 267 g/mol. The van der Waals surface area contributed by atoms with Gasteiger partial charge in [-0.3, -0.25) is 0 Å². The van der Waals surface area contributed by atoms with E-state index in [-0.39, 0.29) is 11.0 Å². The van der Waals surface area contributed by atoms with Crippen LogP contribution in [0.5, 0.6) is 0 Å². The molecular formula is C16H23F2N. The van der Waals surface area contributed by atoms with Crippen LogP contribution in [0.2, 0.25) is 0 Å². The topological polar surface area (TPSA) is 12.0 Å². The van der Waals surface area contributed by atoms with Gasteiger partial charge in [-0.2, -0.15) is 0 Å². The summed E-state index contributed by atoms with van der Waals surface area (Å²) in [6, 6.07) is 3.91. The van der Waals surface area contributed by atoms with E-state index in [0.717, 1.165) is 31.0 Å². The maximum atomic E-state index is 13.4. The minimum Gasteiger partial charge on any atom is -0.311 e. The number of rotatable bonds is 3. The molecule has 1 aromatic rings. The van der Waals surface area contributed by atoms with Crippen LogP contribution in [0.25, 0.3) is 0 Å². The first-order valence-electron chi connectivity index (χ1n) is 6.92. The minimum atomic E-state index is -0.482. The zero-order valence-corrected chi connectivity index (χ0v) is 12.2. The van der Waals surface area contributed by atoms with Crippen molar-refractivity contribution in [2.24, 2.45) is 5.92 Å². The lowest BCUT2D eigenvalue weighted by atomic mass is 9.59. The largest absolute Gasteiger partial charge is 0.311 e. The summed E-state index contributed by atoms with van der Waals surface area (Å²) < 4.78 is 26.9. The van der Waals surface area contributed by atoms with E-state index < -0.39 is 11.6 Å². The molecule has 0 bridgehead atoms. The second kappa shape index (κ2) is 4.86. The molecule has 1 saturated carbocycles. The fraction of sp³-hybridized carbons (Fsp3) is 0.625. The van der Waals surface area contributed by atoms with Gasteiger partial charge in [0.05, 0.1) is 0 Å². The molecule has 0 atom stereocenters. The molecule has 3 heteroatoms. The molecule has 0 heterocycles. The van der Waals surface area contributed by atoms with Crippen LogP contribution in [0.4, 0.5) is 8.78 Å². The van der Waals surface area contributed by atoms with Crippen molar-refractivity contribution < 1.29 is 8.78 Å². The molecule has 106 valence electrons. The van der Waals surface area contributed by atoms with Crippen LogP contribution in [0, 0.1) is 17.6 Å². The zero-order valence-electron chi connectivity index (χ0n) is 12.2. The highest BCUT2D eigenvalue weighted by molar-refractivity contribution is 5.31. The molecule has 0 aromatic heterocycles. The highest BCUT2D eigenvalue weighted by Gasteiger charge is 2.44. The van der Waals surface area contributed by atoms with Crippen molar-refractivity contribution >= 4 is 0 Å². The highest BCUT2D eigenvalue weighted by Crippen LogP contribution is 2.47. The molecule has 1 aliphatic carbocycles. The van der Waals surface area contributed by atoms with Gasteiger partial charge in [0.25, 0.3) is 0 Å². The highest BCUT2D eigenvalue weighted by atomic mass is 19.1. The Morgan fingerprint density at radius 2 is 1.68 bits per heavy atom. The third kappa shape index (κ3) is 3.33. The Hall–Kier alpha value is -0.960. The third-order valence-corrected chi connectivity index (χ3v) is 3.91. The minimum absolute atomic E-state index is 0.0116. The fourth-order valence-electron chi connectivity index (χ4n) is 3.05. The molecule has 0 aliphatic heterocycles. The predicted molar refractivity (Wildman–Crippen MR) is 74.2 cm³/mol. The van der Waals surface area contributed by atoms with Crippen LogP contribution < -0.4 is 5.32 Å². The summed E-state index contributed by atoms with van der Waals surface area (Å²) in [4.78, 5) is 0. The lowest BCUT2D eigenvalue weighted by molar-refractivity contribution is 0.141. The van der Waals surface area contributed by atoms with Crippen molar-refractivity contribution in [3.63, 3.8) is 0 Å². The summed E-state index contributed by atoms with van der Waals surface area (Å²) in [5, 5.41) is 3.48. The summed E-state index contributed by atoms with van der Waals surface area (Å²) in [5.41, 5.74) is 0.688. The van der Waals surface area contributed by atoms with E-state index in [1.165, 1.54) is 12.1 Å². The van der Waals surface area contributed by atoms with Gasteiger partial charge in [-0.25, -0.2) is 8.78 Å². The van der Waals surface area contributed by atoms with Crippen LogP contribution in [0.1, 0.15) is 46.1 Å². The summed E-state index contributed by atoms with van der Waals surface area (Å²) in [7, 11) is 0. The van der Waals surface area contributed by atoms with Crippen molar-refractivity contribution in [3.8, 4) is 0 Å². The van der Waals surface area contributed by atoms with Gasteiger partial charge < -0.3 is 5.32 Å². The molecule has 1 aliphatic rings. The van der Waals surface area contributed by atoms with Gasteiger partial charge in [0.1, 0.15) is 11.6 Å². The number of hydrogen-bond acceptors (Lipinski definition) is 1. The lowest BCUT2D eigenvalue weighted by Crippen LogP contribution is -2.52. The quantitative estimate of drug-likeness (QED) is 0.872. The molecule has 0 unspecified atom stereocenters. The van der Waals surface area contributed by atoms with Crippen LogP contribution in [0.3, 0.4) is 0 Å². The predicted octanol–water partition coefficient (Wildman–Crippen LogP) is 4.02. The van der Waals surface area contributed by atoms with Crippen molar-refractivity contribution in [3.05, 3.63) is 35.4 Å². The third-order valence-electron chi connectivity index (χ3n) is 3.91. The molecule has 0 saturated heterocycles. The van der Waals surface area contributed by atoms with Crippen molar-refractivity contribution in [1.82, 2.24) is 5.32 Å². The van der Waals surface area contributed by atoms with Crippen LogP contribution in [0.15, 0.2) is 18.2 Å². The molecule has 0 radical (unpaired) electrons. The summed E-state index contributed by atoms with van der Waals surface area (Å²) in [6.45, 7) is 9.27. The normalized spacial score (nSPS) is 27.2. The van der Waals surface area contributed by atoms with Gasteiger partial charge in [-0.05, 0) is 57.2 Å². The number of halogens is 2. The Kier molecular flexibility index (Phi) is 3.69. The maximum Gasteiger partial charge on any atom is 0.126 e. The van der Waals surface area contributed by atoms with Gasteiger partial charge in [0, 0.05) is 23.6 Å². The van der Waals surface area contributed by atoms with Gasteiger partial charge in [0.2, 0.25) is 0 Å². The zero-order chi connectivity index (χ0) is 14.3. The second-order valence-corrected chi connectivity index (χ2v) is 7.06. The smallest absolute Gasteiger partial charge is 0.126 e. The van der Waals surface area contributed by atoms with Gasteiger partial charge >= 0.3 is 0 Å². The van der Waals surface area contributed by atoms with Crippen LogP contribution >= 0.6 is 0 Å². The summed E-state index contributed by atoms with van der Waals surface area (Å²) in [6.07, 6.45) is 1.97. The van der Waals surface area contributed by atoms with E-state index in [0.29, 0.717) is 5.92 Å². The molecule has 19 heavy (non-hydrogen) atoms. The first-order valence-corrected chi connectivity index (χ1v) is 6.92. The van der Waals surface area contributed by atoms with E-state index in [4.69, 9.17) is 0 Å². The van der Waals surface area contributed by atoms with Crippen molar-refractivity contribution in [1.29, 1.82) is 0 Å². The Labute approximate surface area is 114 Å². The molecule has 0 amide bonds. The Morgan fingerprint density at radius 3 is 2.11 bits per heavy atom. The number of hydrogen-bond donors (Lipinski definition) is 1. The lowest BCUT2D eigenvalue weighted by Gasteiger charge is -2.48. The first kappa shape index (κ1) is 14.4. The SMILES string of the molecule is CC1CC(CNC(C)(C)C)(c2cc(F)cc(F)c2)C1. The Balaban J connectivity index is 2.24. The molecule has 1 aromatic carbocycles. The first-order chi connectivity index (χ1) is 8.70. The molecule has 2 rings (SSSR count). The Morgan fingerprint density at radius 1 is 1.16 bits per heavy atom. The van der Waals surface area contributed by atoms with E-state index in [1.807, 2.05) is 0 Å². The van der Waals surface area contributed by atoms with Gasteiger partial charge in [-0.15, -0.1) is 0 Å². The standard InChI is InChI=1S/C16H23F2N/c1-11-8-16(9-11,10-19-15(2,3)4)12-5-13(17)7-14(18)6-12/h5-7,11,19H,8-10H2,1-4H3. The summed E-state index contributed by atoms with van der Waals surface area (Å²) >= 11 is 0. The molecular weight excluding hydrogens is 244 g/mol.